The number of carboxylic acids is 1. The summed E-state index contributed by atoms with van der Waals surface area (Å²) in [5.74, 6) is -0.659. The highest BCUT2D eigenvalue weighted by molar-refractivity contribution is 5.66. The van der Waals surface area contributed by atoms with Crippen molar-refractivity contribution in [1.82, 2.24) is 0 Å². The summed E-state index contributed by atoms with van der Waals surface area (Å²) < 4.78 is 0. The van der Waals surface area contributed by atoms with Crippen LogP contribution in [0, 0.1) is 0 Å². The largest absolute Gasteiger partial charge is 0.481 e. The van der Waals surface area contributed by atoms with E-state index in [0.717, 1.165) is 32.0 Å². The fourth-order valence-corrected chi connectivity index (χ4v) is 3.57. The van der Waals surface area contributed by atoms with Gasteiger partial charge in [0.05, 0.1) is 0 Å². The lowest BCUT2D eigenvalue weighted by Gasteiger charge is -2.00. The number of carboxylic acid groups (broad SMARTS) is 1. The zero-order chi connectivity index (χ0) is 24.7. The third kappa shape index (κ3) is 38.2. The van der Waals surface area contributed by atoms with Crippen LogP contribution in [-0.4, -0.2) is 17.4 Å². The lowest BCUT2D eigenvalue weighted by atomic mass is 10.1. The van der Waals surface area contributed by atoms with Crippen molar-refractivity contribution in [3.8, 4) is 0 Å². The van der Waals surface area contributed by atoms with Gasteiger partial charge in [0.25, 0.3) is 0 Å². The van der Waals surface area contributed by atoms with Gasteiger partial charge >= 0.3 is 5.97 Å². The molecule has 0 aliphatic carbocycles. The Kier molecular flexibility index (Phi) is 33.6. The Labute approximate surface area is 206 Å². The summed E-state index contributed by atoms with van der Waals surface area (Å²) in [5, 5.41) is 8.51. The summed E-state index contributed by atoms with van der Waals surface area (Å²) in [6, 6.07) is 0. The number of carbonyl (C=O) groups is 2. The minimum absolute atomic E-state index is 0.338. The van der Waals surface area contributed by atoms with Gasteiger partial charge in [0, 0.05) is 12.8 Å². The van der Waals surface area contributed by atoms with Crippen LogP contribution < -0.4 is 0 Å². The quantitative estimate of drug-likeness (QED) is 0.0878. The van der Waals surface area contributed by atoms with Crippen molar-refractivity contribution in [1.29, 1.82) is 0 Å². The fraction of sp³-hybridized carbons (Fsp3) is 0.800. The molecule has 1 N–H and O–H groups in total. The number of unbranched alkanes of at least 4 members (excludes halogenated alkanes) is 17. The van der Waals surface area contributed by atoms with Crippen LogP contribution in [0.1, 0.15) is 155 Å². The van der Waals surface area contributed by atoms with E-state index in [1.807, 2.05) is 0 Å². The molecule has 0 amide bonds. The Hall–Kier alpha value is -1.38. The Bertz CT molecular complexity index is 440. The molecule has 33 heavy (non-hydrogen) atoms. The molecule has 0 aromatic rings. The van der Waals surface area contributed by atoms with E-state index in [-0.39, 0.29) is 0 Å². The van der Waals surface area contributed by atoms with Crippen molar-refractivity contribution in [3.05, 3.63) is 24.3 Å². The molecular weight excluding hydrogens is 408 g/mol. The highest BCUT2D eigenvalue weighted by Gasteiger charge is 1.96. The van der Waals surface area contributed by atoms with Gasteiger partial charge in [0.15, 0.2) is 0 Å². The minimum Gasteiger partial charge on any atom is -0.481 e. The monoisotopic (exact) mass is 464 g/mol. The van der Waals surface area contributed by atoms with Gasteiger partial charge in [0.2, 0.25) is 0 Å². The van der Waals surface area contributed by atoms with E-state index in [0.29, 0.717) is 6.42 Å². The van der Waals surface area contributed by atoms with Crippen LogP contribution in [0.5, 0.6) is 0 Å². The molecule has 0 aromatic carbocycles. The second-order valence-corrected chi connectivity index (χ2v) is 9.15. The van der Waals surface area contributed by atoms with Crippen molar-refractivity contribution in [2.75, 3.05) is 0 Å². The summed E-state index contributed by atoms with van der Waals surface area (Å²) in [4.78, 5) is 20.3. The molecule has 0 aliphatic rings. The summed E-state index contributed by atoms with van der Waals surface area (Å²) in [6.07, 6.45) is 36.0. The van der Waals surface area contributed by atoms with Crippen LogP contribution in [0.25, 0.3) is 0 Å². The van der Waals surface area contributed by atoms with Crippen LogP contribution in [0.15, 0.2) is 24.3 Å². The van der Waals surface area contributed by atoms with Crippen molar-refractivity contribution in [2.24, 2.45) is 0 Å². The zero-order valence-corrected chi connectivity index (χ0v) is 22.2. The second kappa shape index (κ2) is 32.8. The van der Waals surface area contributed by atoms with Crippen LogP contribution in [-0.2, 0) is 9.59 Å². The molecule has 0 bridgehead atoms. The molecule has 0 rings (SSSR count). The van der Waals surface area contributed by atoms with Crippen LogP contribution >= 0.6 is 0 Å². The van der Waals surface area contributed by atoms with E-state index in [9.17, 15) is 9.59 Å². The van der Waals surface area contributed by atoms with Gasteiger partial charge in [-0.3, -0.25) is 4.79 Å². The highest BCUT2D eigenvalue weighted by atomic mass is 16.4. The van der Waals surface area contributed by atoms with Crippen molar-refractivity contribution >= 4 is 12.3 Å². The first-order valence-electron chi connectivity index (χ1n) is 14.1. The SMILES string of the molecule is CCCC/C=C/CCCCCC=O.CCCCC/C=C\CCCCCCCCCCC(=O)O. The number of aldehydes is 1. The normalized spacial score (nSPS) is 11.1. The maximum absolute atomic E-state index is 10.3. The Morgan fingerprint density at radius 2 is 0.879 bits per heavy atom. The van der Waals surface area contributed by atoms with Crippen molar-refractivity contribution in [3.63, 3.8) is 0 Å². The molecule has 0 radical (unpaired) electrons. The number of hydrogen-bond donors (Lipinski definition) is 1. The molecule has 194 valence electrons. The minimum atomic E-state index is -0.659. The van der Waals surface area contributed by atoms with Gasteiger partial charge in [-0.05, 0) is 57.8 Å². The first-order valence-corrected chi connectivity index (χ1v) is 14.1. The van der Waals surface area contributed by atoms with Gasteiger partial charge in [-0.15, -0.1) is 0 Å². The molecule has 0 spiro atoms. The molecule has 3 heteroatoms. The van der Waals surface area contributed by atoms with Crippen LogP contribution in [0.3, 0.4) is 0 Å². The molecule has 0 unspecified atom stereocenters. The zero-order valence-electron chi connectivity index (χ0n) is 22.2. The molecule has 0 heterocycles. The smallest absolute Gasteiger partial charge is 0.303 e. The molecular formula is C30H56O3. The first-order chi connectivity index (χ1) is 16.2. The summed E-state index contributed by atoms with van der Waals surface area (Å²) in [6.45, 7) is 4.46. The van der Waals surface area contributed by atoms with E-state index in [1.165, 1.54) is 109 Å². The molecule has 0 aliphatic heterocycles. The van der Waals surface area contributed by atoms with E-state index in [1.54, 1.807) is 0 Å². The second-order valence-electron chi connectivity index (χ2n) is 9.15. The van der Waals surface area contributed by atoms with E-state index < -0.39 is 5.97 Å². The van der Waals surface area contributed by atoms with Crippen LogP contribution in [0.2, 0.25) is 0 Å². The molecule has 0 saturated carbocycles. The summed E-state index contributed by atoms with van der Waals surface area (Å²) >= 11 is 0. The Balaban J connectivity index is 0. The van der Waals surface area contributed by atoms with E-state index in [4.69, 9.17) is 5.11 Å². The predicted molar refractivity (Wildman–Crippen MR) is 145 cm³/mol. The maximum Gasteiger partial charge on any atom is 0.303 e. The third-order valence-corrected chi connectivity index (χ3v) is 5.74. The van der Waals surface area contributed by atoms with Crippen LogP contribution in [0.4, 0.5) is 0 Å². The third-order valence-electron chi connectivity index (χ3n) is 5.74. The lowest BCUT2D eigenvalue weighted by Crippen LogP contribution is -1.93. The maximum atomic E-state index is 10.3. The number of aliphatic carboxylic acids is 1. The lowest BCUT2D eigenvalue weighted by molar-refractivity contribution is -0.137. The number of hydrogen-bond acceptors (Lipinski definition) is 2. The Morgan fingerprint density at radius 3 is 1.33 bits per heavy atom. The molecule has 0 atom stereocenters. The number of carbonyl (C=O) groups excluding carboxylic acids is 1. The standard InChI is InChI=1S/C18H34O2.C12H22O/c1-2-3-4-5-6-7-8-9-10-11-12-13-14-15-16-17-18(19)20;1-2-3-4-5-6-7-8-9-10-11-12-13/h6-7H,2-5,8-17H2,1H3,(H,19,20);5-6,12H,2-4,7-11H2,1H3/b7-6-;6-5+. The fourth-order valence-electron chi connectivity index (χ4n) is 3.57. The van der Waals surface area contributed by atoms with E-state index >= 15 is 0 Å². The topological polar surface area (TPSA) is 54.4 Å². The predicted octanol–water partition coefficient (Wildman–Crippen LogP) is 9.99. The molecule has 0 fully saturated rings. The number of rotatable bonds is 24. The van der Waals surface area contributed by atoms with Gasteiger partial charge in [0.1, 0.15) is 6.29 Å². The van der Waals surface area contributed by atoms with E-state index in [2.05, 4.69) is 38.2 Å². The van der Waals surface area contributed by atoms with Gasteiger partial charge in [-0.25, -0.2) is 0 Å². The summed E-state index contributed by atoms with van der Waals surface area (Å²) in [5.41, 5.74) is 0. The average Bonchev–Trinajstić information content (AvgIpc) is 2.81. The summed E-state index contributed by atoms with van der Waals surface area (Å²) in [7, 11) is 0. The number of allylic oxidation sites excluding steroid dienone is 4. The van der Waals surface area contributed by atoms with Crippen molar-refractivity contribution < 1.29 is 14.7 Å². The highest BCUT2D eigenvalue weighted by Crippen LogP contribution is 2.11. The van der Waals surface area contributed by atoms with Gasteiger partial charge in [-0.2, -0.15) is 0 Å². The molecule has 0 aromatic heterocycles. The van der Waals surface area contributed by atoms with Gasteiger partial charge < -0.3 is 9.90 Å². The van der Waals surface area contributed by atoms with Crippen molar-refractivity contribution in [2.45, 2.75) is 155 Å². The molecule has 0 saturated heterocycles. The molecule has 3 nitrogen and oxygen atoms in total. The van der Waals surface area contributed by atoms with Gasteiger partial charge in [-0.1, -0.05) is 109 Å². The average molecular weight is 465 g/mol. The Morgan fingerprint density at radius 1 is 0.515 bits per heavy atom. The first kappa shape index (κ1) is 33.8.